The van der Waals surface area contributed by atoms with Gasteiger partial charge in [-0.25, -0.2) is 27.9 Å². The quantitative estimate of drug-likeness (QED) is 0.106. The summed E-state index contributed by atoms with van der Waals surface area (Å²) in [5.74, 6) is -2.28. The van der Waals surface area contributed by atoms with Crippen molar-refractivity contribution in [3.05, 3.63) is 99.2 Å². The second-order valence-electron chi connectivity index (χ2n) is 12.4. The molecule has 0 spiro atoms. The molecule has 274 valence electrons. The highest BCUT2D eigenvalue weighted by molar-refractivity contribution is 7.50. The number of para-hydroxylation sites is 1. The van der Waals surface area contributed by atoms with Crippen molar-refractivity contribution in [2.45, 2.75) is 71.5 Å². The highest BCUT2D eigenvalue weighted by atomic mass is 31.2. The number of urea groups is 1. The Bertz CT molecular complexity index is 2030. The van der Waals surface area contributed by atoms with E-state index in [0.29, 0.717) is 41.9 Å². The van der Waals surface area contributed by atoms with E-state index >= 15 is 8.78 Å². The summed E-state index contributed by atoms with van der Waals surface area (Å²) in [7, 11) is -5.07. The Morgan fingerprint density at radius 2 is 1.55 bits per heavy atom. The van der Waals surface area contributed by atoms with Crippen molar-refractivity contribution in [1.29, 1.82) is 0 Å². The van der Waals surface area contributed by atoms with Gasteiger partial charge in [0.25, 0.3) is 0 Å². The lowest BCUT2D eigenvalue weighted by molar-refractivity contribution is -0.143. The molecule has 2 amide bonds. The van der Waals surface area contributed by atoms with Crippen molar-refractivity contribution in [2.24, 2.45) is 0 Å². The molecule has 51 heavy (non-hydrogen) atoms. The summed E-state index contributed by atoms with van der Waals surface area (Å²) >= 11 is 0. The Kier molecular flexibility index (Phi) is 9.93. The molecule has 0 saturated heterocycles. The highest BCUT2D eigenvalue weighted by Gasteiger charge is 2.45. The number of aromatic nitrogens is 2. The van der Waals surface area contributed by atoms with Crippen LogP contribution in [0.4, 0.5) is 45.6 Å². The topological polar surface area (TPSA) is 120 Å². The van der Waals surface area contributed by atoms with Crippen molar-refractivity contribution >= 4 is 19.5 Å². The second kappa shape index (κ2) is 13.3. The standard InChI is InChI=1S/C33H32F8N5O4P/c1-5-17-8-7-9-18(6-2)27(17)46-28(21-13-25(35)26(14-24(21)34)42-30(47)44-51(48,49)50)22-16-45(31(3,4)29(22)43-46)15-19-10-11-20(32(36,37)38)12-23(19)33(39,40)41/h7-14H,5-6,15-16H2,1-4H3,(H4,42,44,47,48,49,50). The number of nitrogens with one attached hydrogen (secondary N) is 2. The van der Waals surface area contributed by atoms with Gasteiger partial charge in [0, 0.05) is 30.3 Å². The van der Waals surface area contributed by atoms with Crippen molar-refractivity contribution in [3.8, 4) is 16.9 Å². The third-order valence-corrected chi connectivity index (χ3v) is 9.28. The number of aryl methyl sites for hydroxylation is 2. The van der Waals surface area contributed by atoms with E-state index < -0.39 is 72.2 Å². The second-order valence-corrected chi connectivity index (χ2v) is 13.7. The molecule has 0 fully saturated rings. The number of nitrogens with zero attached hydrogens (tertiary/aromatic N) is 3. The van der Waals surface area contributed by atoms with E-state index in [1.54, 1.807) is 18.7 Å². The first kappa shape index (κ1) is 37.9. The molecule has 0 saturated carbocycles. The predicted molar refractivity (Wildman–Crippen MR) is 171 cm³/mol. The van der Waals surface area contributed by atoms with Crippen LogP contribution in [0.5, 0.6) is 0 Å². The average Bonchev–Trinajstić information content (AvgIpc) is 3.49. The molecule has 3 aromatic carbocycles. The minimum Gasteiger partial charge on any atom is -0.308 e. The number of hydrogen-bond acceptors (Lipinski definition) is 4. The molecular weight excluding hydrogens is 713 g/mol. The maximum Gasteiger partial charge on any atom is 0.431 e. The zero-order valence-corrected chi connectivity index (χ0v) is 28.4. The van der Waals surface area contributed by atoms with Crippen LogP contribution in [0, 0.1) is 11.6 Å². The van der Waals surface area contributed by atoms with Gasteiger partial charge < -0.3 is 15.1 Å². The number of amides is 2. The lowest BCUT2D eigenvalue weighted by atomic mass is 9.97. The maximum absolute atomic E-state index is 16.1. The first-order valence-electron chi connectivity index (χ1n) is 15.5. The number of benzene rings is 3. The molecule has 9 nitrogen and oxygen atoms in total. The van der Waals surface area contributed by atoms with E-state index in [1.807, 2.05) is 37.4 Å². The minimum absolute atomic E-state index is 0.0438. The summed E-state index contributed by atoms with van der Waals surface area (Å²) in [6.07, 6.45) is -9.12. The molecular formula is C33H32F8N5O4P. The average molecular weight is 746 g/mol. The Morgan fingerprint density at radius 3 is 2.10 bits per heavy atom. The van der Waals surface area contributed by atoms with Crippen LogP contribution in [0.15, 0.2) is 48.5 Å². The lowest BCUT2D eigenvalue weighted by Gasteiger charge is -2.33. The predicted octanol–water partition coefficient (Wildman–Crippen LogP) is 8.45. The van der Waals surface area contributed by atoms with Crippen LogP contribution in [-0.2, 0) is 48.4 Å². The van der Waals surface area contributed by atoms with E-state index in [0.717, 1.165) is 23.3 Å². The van der Waals surface area contributed by atoms with Crippen molar-refractivity contribution in [1.82, 2.24) is 19.8 Å². The van der Waals surface area contributed by atoms with Crippen LogP contribution in [0.25, 0.3) is 16.9 Å². The molecule has 5 rings (SSSR count). The van der Waals surface area contributed by atoms with Gasteiger partial charge in [-0.15, -0.1) is 0 Å². The van der Waals surface area contributed by atoms with Gasteiger partial charge in [-0.2, -0.15) is 31.4 Å². The third kappa shape index (κ3) is 7.52. The van der Waals surface area contributed by atoms with Crippen LogP contribution >= 0.6 is 7.75 Å². The number of anilines is 1. The van der Waals surface area contributed by atoms with Gasteiger partial charge in [0.05, 0.1) is 39.4 Å². The monoisotopic (exact) mass is 745 g/mol. The number of halogens is 8. The number of fused-ring (bicyclic) bond motifs is 1. The Morgan fingerprint density at radius 1 is 0.922 bits per heavy atom. The number of alkyl halides is 6. The highest BCUT2D eigenvalue weighted by Crippen LogP contribution is 2.47. The van der Waals surface area contributed by atoms with Crippen LogP contribution < -0.4 is 10.4 Å². The van der Waals surface area contributed by atoms with Gasteiger partial charge >= 0.3 is 26.1 Å². The van der Waals surface area contributed by atoms with Crippen LogP contribution in [0.3, 0.4) is 0 Å². The molecule has 0 aliphatic carbocycles. The summed E-state index contributed by atoms with van der Waals surface area (Å²) in [6, 6.07) is 6.74. The molecule has 18 heteroatoms. The largest absolute Gasteiger partial charge is 0.431 e. The zero-order valence-electron chi connectivity index (χ0n) is 27.5. The van der Waals surface area contributed by atoms with E-state index in [9.17, 15) is 35.7 Å². The zero-order chi connectivity index (χ0) is 37.8. The molecule has 1 aliphatic heterocycles. The lowest BCUT2D eigenvalue weighted by Crippen LogP contribution is -2.36. The fraction of sp³-hybridized carbons (Fsp3) is 0.333. The first-order valence-corrected chi connectivity index (χ1v) is 17.1. The Hall–Kier alpha value is -4.31. The summed E-state index contributed by atoms with van der Waals surface area (Å²) in [5, 5.41) is 7.98. The summed E-state index contributed by atoms with van der Waals surface area (Å²) < 4.78 is 127. The van der Waals surface area contributed by atoms with Gasteiger partial charge in [0.1, 0.15) is 11.6 Å². The van der Waals surface area contributed by atoms with E-state index in [1.165, 1.54) is 9.77 Å². The molecule has 0 bridgehead atoms. The summed E-state index contributed by atoms with van der Waals surface area (Å²) in [4.78, 5) is 31.5. The summed E-state index contributed by atoms with van der Waals surface area (Å²) in [6.45, 7) is 6.41. The van der Waals surface area contributed by atoms with Crippen molar-refractivity contribution in [2.75, 3.05) is 5.32 Å². The Labute approximate surface area is 286 Å². The Balaban J connectivity index is 1.68. The number of hydrogen-bond donors (Lipinski definition) is 4. The van der Waals surface area contributed by atoms with Gasteiger partial charge in [0.15, 0.2) is 0 Å². The van der Waals surface area contributed by atoms with E-state index in [2.05, 4.69) is 0 Å². The number of carbonyl (C=O) groups excluding carboxylic acids is 1. The number of rotatable bonds is 8. The SMILES string of the molecule is CCc1cccc(CC)c1-n1nc2c(c1-c1cc(F)c(NC(=O)NP(=O)(O)O)cc1F)CN(Cc1ccc(C(F)(F)F)cc1C(F)(F)F)C2(C)C. The van der Waals surface area contributed by atoms with Crippen LogP contribution in [0.1, 0.15) is 66.8 Å². The molecule has 0 atom stereocenters. The smallest absolute Gasteiger partial charge is 0.308 e. The van der Waals surface area contributed by atoms with E-state index in [-0.39, 0.29) is 23.9 Å². The fourth-order valence-corrected chi connectivity index (χ4v) is 6.60. The fourth-order valence-electron chi connectivity index (χ4n) is 6.28. The molecule has 0 radical (unpaired) electrons. The normalized spacial score (nSPS) is 14.9. The van der Waals surface area contributed by atoms with Crippen LogP contribution in [-0.4, -0.2) is 30.5 Å². The van der Waals surface area contributed by atoms with E-state index in [4.69, 9.17) is 14.9 Å². The third-order valence-electron chi connectivity index (χ3n) is 8.79. The molecule has 1 aromatic heterocycles. The van der Waals surface area contributed by atoms with Gasteiger partial charge in [-0.1, -0.05) is 38.1 Å². The van der Waals surface area contributed by atoms with Crippen molar-refractivity contribution < 1.29 is 54.3 Å². The van der Waals surface area contributed by atoms with Gasteiger partial charge in [-0.3, -0.25) is 4.90 Å². The molecule has 2 heterocycles. The molecule has 4 aromatic rings. The minimum atomic E-state index is -5.12. The summed E-state index contributed by atoms with van der Waals surface area (Å²) in [5.41, 5.74) is -2.83. The maximum atomic E-state index is 16.1. The van der Waals surface area contributed by atoms with Gasteiger partial charge in [-0.05, 0) is 61.6 Å². The molecule has 0 unspecified atom stereocenters. The molecule has 4 N–H and O–H groups in total. The number of carbonyl (C=O) groups is 1. The van der Waals surface area contributed by atoms with Crippen molar-refractivity contribution in [3.63, 3.8) is 0 Å². The first-order chi connectivity index (χ1) is 23.6. The van der Waals surface area contributed by atoms with Crippen LogP contribution in [0.2, 0.25) is 0 Å². The molecule has 1 aliphatic rings. The van der Waals surface area contributed by atoms with Gasteiger partial charge in [0.2, 0.25) is 0 Å².